The summed E-state index contributed by atoms with van der Waals surface area (Å²) >= 11 is 5.08. The van der Waals surface area contributed by atoms with E-state index >= 15 is 0 Å². The highest BCUT2D eigenvalue weighted by Gasteiger charge is 2.14. The number of nitrogens with two attached hydrogens (primary N) is 1. The van der Waals surface area contributed by atoms with E-state index in [2.05, 4.69) is 56.6 Å². The van der Waals surface area contributed by atoms with Gasteiger partial charge in [-0.25, -0.2) is 5.84 Å². The van der Waals surface area contributed by atoms with E-state index in [4.69, 9.17) is 18.1 Å². The maximum absolute atomic E-state index is 5.32. The minimum absolute atomic E-state index is 0.441. The Hall–Kier alpha value is -1.13. The number of hydrazine groups is 1. The number of benzene rings is 1. The van der Waals surface area contributed by atoms with Crippen molar-refractivity contribution >= 4 is 23.0 Å². The molecule has 0 aliphatic carbocycles. The van der Waals surface area contributed by atoms with Crippen LogP contribution in [0.5, 0.6) is 0 Å². The van der Waals surface area contributed by atoms with E-state index < -0.39 is 0 Å². The summed E-state index contributed by atoms with van der Waals surface area (Å²) in [6.45, 7) is 8.68. The van der Waals surface area contributed by atoms with Gasteiger partial charge in [-0.05, 0) is 35.2 Å². The first-order chi connectivity index (χ1) is 7.97. The normalized spacial score (nSPS) is 10.8. The van der Waals surface area contributed by atoms with Crippen molar-refractivity contribution < 1.29 is 0 Å². The number of hydrogen-bond acceptors (Lipinski definition) is 2. The number of para-hydroxylation sites is 1. The molecule has 0 spiro atoms. The fourth-order valence-corrected chi connectivity index (χ4v) is 1.95. The highest BCUT2D eigenvalue weighted by atomic mass is 32.1. The molecule has 4 N–H and O–H groups in total. The quantitative estimate of drug-likeness (QED) is 0.439. The molecule has 0 saturated heterocycles. The summed E-state index contributed by atoms with van der Waals surface area (Å²) < 4.78 is 0. The van der Waals surface area contributed by atoms with Gasteiger partial charge in [0.15, 0.2) is 5.11 Å². The molecule has 0 fully saturated rings. The Morgan fingerprint density at radius 2 is 1.59 bits per heavy atom. The second-order valence-corrected chi connectivity index (χ2v) is 5.13. The third-order valence-corrected chi connectivity index (χ3v) is 2.96. The van der Waals surface area contributed by atoms with Gasteiger partial charge in [-0.3, -0.25) is 0 Å². The summed E-state index contributed by atoms with van der Waals surface area (Å²) in [5.74, 6) is 6.20. The van der Waals surface area contributed by atoms with Crippen LogP contribution >= 0.6 is 12.2 Å². The molecule has 0 unspecified atom stereocenters. The minimum atomic E-state index is 0.441. The van der Waals surface area contributed by atoms with E-state index in [-0.39, 0.29) is 0 Å². The molecule has 0 atom stereocenters. The van der Waals surface area contributed by atoms with Crippen LogP contribution in [0.2, 0.25) is 0 Å². The first-order valence-corrected chi connectivity index (χ1v) is 6.28. The van der Waals surface area contributed by atoms with Crippen molar-refractivity contribution in [2.75, 3.05) is 5.32 Å². The number of nitrogens with one attached hydrogen (secondary N) is 2. The van der Waals surface area contributed by atoms with Gasteiger partial charge in [0.25, 0.3) is 0 Å². The van der Waals surface area contributed by atoms with Crippen molar-refractivity contribution in [3.05, 3.63) is 29.3 Å². The largest absolute Gasteiger partial charge is 0.331 e. The smallest absolute Gasteiger partial charge is 0.185 e. The van der Waals surface area contributed by atoms with E-state index in [0.29, 0.717) is 16.9 Å². The predicted octanol–water partition coefficient (Wildman–Crippen LogP) is 3.09. The Balaban J connectivity index is 3.23. The average Bonchev–Trinajstić information content (AvgIpc) is 2.28. The van der Waals surface area contributed by atoms with E-state index in [0.717, 1.165) is 5.69 Å². The Bertz CT molecular complexity index is 373. The predicted molar refractivity (Wildman–Crippen MR) is 78.2 cm³/mol. The van der Waals surface area contributed by atoms with Gasteiger partial charge in [0.1, 0.15) is 0 Å². The van der Waals surface area contributed by atoms with Gasteiger partial charge < -0.3 is 10.7 Å². The lowest BCUT2D eigenvalue weighted by molar-refractivity contribution is 0.838. The van der Waals surface area contributed by atoms with Crippen LogP contribution in [0, 0.1) is 0 Å². The highest BCUT2D eigenvalue weighted by molar-refractivity contribution is 7.80. The molecule has 0 amide bonds. The molecule has 0 aliphatic heterocycles. The minimum Gasteiger partial charge on any atom is -0.331 e. The van der Waals surface area contributed by atoms with Crippen LogP contribution < -0.4 is 16.6 Å². The van der Waals surface area contributed by atoms with Crippen molar-refractivity contribution in [1.82, 2.24) is 5.43 Å². The van der Waals surface area contributed by atoms with Gasteiger partial charge in [0, 0.05) is 5.69 Å². The number of hydrogen-bond donors (Lipinski definition) is 3. The molecule has 1 rings (SSSR count). The van der Waals surface area contributed by atoms with Crippen molar-refractivity contribution in [3.63, 3.8) is 0 Å². The maximum Gasteiger partial charge on any atom is 0.185 e. The van der Waals surface area contributed by atoms with Crippen molar-refractivity contribution in [2.45, 2.75) is 39.5 Å². The van der Waals surface area contributed by atoms with Crippen LogP contribution in [0.15, 0.2) is 18.2 Å². The molecule has 0 radical (unpaired) electrons. The van der Waals surface area contributed by atoms with Gasteiger partial charge >= 0.3 is 0 Å². The topological polar surface area (TPSA) is 50.1 Å². The maximum atomic E-state index is 5.32. The monoisotopic (exact) mass is 251 g/mol. The molecule has 17 heavy (non-hydrogen) atoms. The zero-order chi connectivity index (χ0) is 13.0. The van der Waals surface area contributed by atoms with Crippen molar-refractivity contribution in [2.24, 2.45) is 5.84 Å². The molecule has 94 valence electrons. The zero-order valence-electron chi connectivity index (χ0n) is 10.9. The second-order valence-electron chi connectivity index (χ2n) is 4.72. The molecule has 4 heteroatoms. The molecule has 0 heterocycles. The summed E-state index contributed by atoms with van der Waals surface area (Å²) in [6.07, 6.45) is 0. The molecule has 0 aromatic heterocycles. The Morgan fingerprint density at radius 1 is 1.12 bits per heavy atom. The average molecular weight is 251 g/mol. The lowest BCUT2D eigenvalue weighted by Gasteiger charge is -2.20. The van der Waals surface area contributed by atoms with Gasteiger partial charge in [0.2, 0.25) is 0 Å². The van der Waals surface area contributed by atoms with Gasteiger partial charge in [-0.15, -0.1) is 0 Å². The summed E-state index contributed by atoms with van der Waals surface area (Å²) in [6, 6.07) is 6.34. The number of rotatable bonds is 3. The molecule has 0 aliphatic rings. The summed E-state index contributed by atoms with van der Waals surface area (Å²) in [5.41, 5.74) is 6.07. The number of anilines is 1. The third-order valence-electron chi connectivity index (χ3n) is 2.74. The van der Waals surface area contributed by atoms with Crippen LogP contribution in [0.4, 0.5) is 5.69 Å². The van der Waals surface area contributed by atoms with E-state index in [1.165, 1.54) is 11.1 Å². The van der Waals surface area contributed by atoms with Gasteiger partial charge in [-0.1, -0.05) is 45.9 Å². The fraction of sp³-hybridized carbons (Fsp3) is 0.462. The van der Waals surface area contributed by atoms with Crippen molar-refractivity contribution in [3.8, 4) is 0 Å². The fourth-order valence-electron chi connectivity index (χ4n) is 1.84. The molecular formula is C13H21N3S. The Kier molecular flexibility index (Phi) is 4.90. The summed E-state index contributed by atoms with van der Waals surface area (Å²) in [7, 11) is 0. The van der Waals surface area contributed by atoms with Crippen LogP contribution in [0.25, 0.3) is 0 Å². The Labute approximate surface area is 109 Å². The third kappa shape index (κ3) is 3.41. The summed E-state index contributed by atoms with van der Waals surface area (Å²) in [5, 5.41) is 3.63. The molecule has 1 aromatic rings. The first kappa shape index (κ1) is 13.9. The molecule has 0 saturated carbocycles. The van der Waals surface area contributed by atoms with Crippen LogP contribution in [0.3, 0.4) is 0 Å². The SMILES string of the molecule is CC(C)c1cccc(C(C)C)c1NC(=S)NN. The standard InChI is InChI=1S/C13H21N3S/c1-8(2)10-6-5-7-11(9(3)4)12(10)15-13(17)16-14/h5-9H,14H2,1-4H3,(H2,15,16,17). The van der Waals surface area contributed by atoms with Gasteiger partial charge in [-0.2, -0.15) is 0 Å². The highest BCUT2D eigenvalue weighted by Crippen LogP contribution is 2.32. The van der Waals surface area contributed by atoms with E-state index in [1.54, 1.807) is 0 Å². The molecule has 1 aromatic carbocycles. The van der Waals surface area contributed by atoms with Crippen LogP contribution in [-0.2, 0) is 0 Å². The molecule has 3 nitrogen and oxygen atoms in total. The van der Waals surface area contributed by atoms with Crippen LogP contribution in [-0.4, -0.2) is 5.11 Å². The zero-order valence-corrected chi connectivity index (χ0v) is 11.7. The lowest BCUT2D eigenvalue weighted by Crippen LogP contribution is -2.34. The Morgan fingerprint density at radius 3 is 1.94 bits per heavy atom. The van der Waals surface area contributed by atoms with Crippen molar-refractivity contribution in [1.29, 1.82) is 0 Å². The first-order valence-electron chi connectivity index (χ1n) is 5.87. The van der Waals surface area contributed by atoms with E-state index in [1.807, 2.05) is 0 Å². The lowest BCUT2D eigenvalue weighted by atomic mass is 9.93. The second kappa shape index (κ2) is 5.98. The van der Waals surface area contributed by atoms with Crippen LogP contribution in [0.1, 0.15) is 50.7 Å². The molecule has 0 bridgehead atoms. The summed E-state index contributed by atoms with van der Waals surface area (Å²) in [4.78, 5) is 0. The van der Waals surface area contributed by atoms with Gasteiger partial charge in [0.05, 0.1) is 0 Å². The molecular weight excluding hydrogens is 230 g/mol. The van der Waals surface area contributed by atoms with E-state index in [9.17, 15) is 0 Å². The number of thiocarbonyl (C=S) groups is 1.